The molecule has 2 N–H and O–H groups in total. The lowest BCUT2D eigenvalue weighted by molar-refractivity contribution is 0.462. The Morgan fingerprint density at radius 2 is 1.71 bits per heavy atom. The van der Waals surface area contributed by atoms with Gasteiger partial charge in [-0.05, 0) is 37.1 Å². The summed E-state index contributed by atoms with van der Waals surface area (Å²) < 4.78 is 0. The first-order valence-electron chi connectivity index (χ1n) is 5.64. The van der Waals surface area contributed by atoms with E-state index in [4.69, 9.17) is 0 Å². The van der Waals surface area contributed by atoms with Gasteiger partial charge in [0.2, 0.25) is 0 Å². The van der Waals surface area contributed by atoms with Crippen LogP contribution in [0.5, 0.6) is 11.5 Å². The van der Waals surface area contributed by atoms with Crippen LogP contribution in [0.15, 0.2) is 36.4 Å². The normalized spacial score (nSPS) is 10.5. The number of aryl methyl sites for hydroxylation is 2. The largest absolute Gasteiger partial charge is 0.508 e. The van der Waals surface area contributed by atoms with Gasteiger partial charge in [0.05, 0.1) is 0 Å². The second-order valence-electron chi connectivity index (χ2n) is 4.38. The molecule has 88 valence electrons. The third-order valence-corrected chi connectivity index (χ3v) is 2.99. The molecule has 17 heavy (non-hydrogen) atoms. The van der Waals surface area contributed by atoms with E-state index < -0.39 is 0 Å². The lowest BCUT2D eigenvalue weighted by Crippen LogP contribution is -1.93. The van der Waals surface area contributed by atoms with Crippen molar-refractivity contribution in [3.8, 4) is 11.5 Å². The molecule has 2 aromatic rings. The summed E-state index contributed by atoms with van der Waals surface area (Å²) in [6, 6.07) is 11.0. The van der Waals surface area contributed by atoms with Gasteiger partial charge in [0.25, 0.3) is 0 Å². The first-order valence-corrected chi connectivity index (χ1v) is 5.64. The summed E-state index contributed by atoms with van der Waals surface area (Å²) in [5.74, 6) is 0.559. The van der Waals surface area contributed by atoms with Crippen LogP contribution >= 0.6 is 0 Å². The van der Waals surface area contributed by atoms with Gasteiger partial charge in [-0.15, -0.1) is 0 Å². The molecule has 0 fully saturated rings. The molecule has 0 saturated heterocycles. The summed E-state index contributed by atoms with van der Waals surface area (Å²) in [6.45, 7) is 3.95. The van der Waals surface area contributed by atoms with Crippen molar-refractivity contribution in [3.05, 3.63) is 58.7 Å². The fourth-order valence-corrected chi connectivity index (χ4v) is 1.96. The van der Waals surface area contributed by atoms with Crippen LogP contribution in [-0.4, -0.2) is 10.2 Å². The number of benzene rings is 2. The van der Waals surface area contributed by atoms with E-state index in [0.29, 0.717) is 6.42 Å². The van der Waals surface area contributed by atoms with E-state index in [2.05, 4.69) is 0 Å². The molecule has 0 heterocycles. The predicted octanol–water partition coefficient (Wildman–Crippen LogP) is 3.31. The Morgan fingerprint density at radius 3 is 2.41 bits per heavy atom. The van der Waals surface area contributed by atoms with E-state index in [9.17, 15) is 10.2 Å². The SMILES string of the molecule is Cc1ccc(O)c(Cc2c(C)cccc2O)c1. The van der Waals surface area contributed by atoms with Gasteiger partial charge in [0.1, 0.15) is 11.5 Å². The van der Waals surface area contributed by atoms with Crippen molar-refractivity contribution in [3.63, 3.8) is 0 Å². The second-order valence-corrected chi connectivity index (χ2v) is 4.38. The monoisotopic (exact) mass is 228 g/mol. The highest BCUT2D eigenvalue weighted by molar-refractivity contribution is 5.45. The first kappa shape index (κ1) is 11.5. The Hall–Kier alpha value is -1.96. The van der Waals surface area contributed by atoms with Gasteiger partial charge in [0.15, 0.2) is 0 Å². The van der Waals surface area contributed by atoms with Crippen LogP contribution in [0.3, 0.4) is 0 Å². The fourth-order valence-electron chi connectivity index (χ4n) is 1.96. The smallest absolute Gasteiger partial charge is 0.119 e. The minimum Gasteiger partial charge on any atom is -0.508 e. The minimum absolute atomic E-state index is 0.276. The maximum atomic E-state index is 9.83. The molecule has 0 aliphatic carbocycles. The van der Waals surface area contributed by atoms with Gasteiger partial charge in [0, 0.05) is 12.0 Å². The third-order valence-electron chi connectivity index (χ3n) is 2.99. The molecular formula is C15H16O2. The predicted molar refractivity (Wildman–Crippen MR) is 68.5 cm³/mol. The van der Waals surface area contributed by atoms with Gasteiger partial charge in [-0.1, -0.05) is 29.8 Å². The summed E-state index contributed by atoms with van der Waals surface area (Å²) >= 11 is 0. The molecule has 0 saturated carbocycles. The molecule has 2 nitrogen and oxygen atoms in total. The van der Waals surface area contributed by atoms with Gasteiger partial charge < -0.3 is 10.2 Å². The lowest BCUT2D eigenvalue weighted by Gasteiger charge is -2.10. The third kappa shape index (κ3) is 2.41. The van der Waals surface area contributed by atoms with E-state index in [1.807, 2.05) is 38.1 Å². The van der Waals surface area contributed by atoms with Gasteiger partial charge in [-0.2, -0.15) is 0 Å². The Morgan fingerprint density at radius 1 is 0.941 bits per heavy atom. The number of hydrogen-bond donors (Lipinski definition) is 2. The van der Waals surface area contributed by atoms with Crippen molar-refractivity contribution >= 4 is 0 Å². The second kappa shape index (κ2) is 4.50. The van der Waals surface area contributed by atoms with E-state index in [-0.39, 0.29) is 11.5 Å². The molecule has 0 radical (unpaired) electrons. The van der Waals surface area contributed by atoms with E-state index in [0.717, 1.165) is 22.3 Å². The number of phenols is 2. The summed E-state index contributed by atoms with van der Waals surface area (Å²) in [4.78, 5) is 0. The number of rotatable bonds is 2. The van der Waals surface area contributed by atoms with Crippen LogP contribution in [0, 0.1) is 13.8 Å². The maximum Gasteiger partial charge on any atom is 0.119 e. The number of aromatic hydroxyl groups is 2. The molecule has 0 aliphatic rings. The van der Waals surface area contributed by atoms with Crippen molar-refractivity contribution < 1.29 is 10.2 Å². The molecule has 2 aromatic carbocycles. The van der Waals surface area contributed by atoms with Crippen molar-refractivity contribution in [2.45, 2.75) is 20.3 Å². The highest BCUT2D eigenvalue weighted by Crippen LogP contribution is 2.27. The molecule has 0 atom stereocenters. The summed E-state index contributed by atoms with van der Waals surface area (Å²) in [5.41, 5.74) is 3.85. The Balaban J connectivity index is 2.41. The van der Waals surface area contributed by atoms with E-state index in [1.54, 1.807) is 12.1 Å². The average molecular weight is 228 g/mol. The minimum atomic E-state index is 0.276. The molecule has 0 aromatic heterocycles. The van der Waals surface area contributed by atoms with Crippen LogP contribution in [0.1, 0.15) is 22.3 Å². The zero-order chi connectivity index (χ0) is 12.4. The van der Waals surface area contributed by atoms with Crippen LogP contribution in [0.4, 0.5) is 0 Å². The highest BCUT2D eigenvalue weighted by Gasteiger charge is 2.08. The molecule has 2 rings (SSSR count). The highest BCUT2D eigenvalue weighted by atomic mass is 16.3. The van der Waals surface area contributed by atoms with Crippen LogP contribution < -0.4 is 0 Å². The standard InChI is InChI=1S/C15H16O2/c1-10-6-7-14(16)12(8-10)9-13-11(2)4-3-5-15(13)17/h3-8,16-17H,9H2,1-2H3. The van der Waals surface area contributed by atoms with E-state index in [1.165, 1.54) is 0 Å². The van der Waals surface area contributed by atoms with Crippen molar-refractivity contribution in [2.75, 3.05) is 0 Å². The van der Waals surface area contributed by atoms with Gasteiger partial charge in [-0.25, -0.2) is 0 Å². The molecule has 0 unspecified atom stereocenters. The molecular weight excluding hydrogens is 212 g/mol. The maximum absolute atomic E-state index is 9.83. The number of hydrogen-bond acceptors (Lipinski definition) is 2. The van der Waals surface area contributed by atoms with Gasteiger partial charge in [-0.3, -0.25) is 0 Å². The Kier molecular flexibility index (Phi) is 3.05. The molecule has 0 bridgehead atoms. The summed E-state index contributed by atoms with van der Waals surface area (Å²) in [7, 11) is 0. The van der Waals surface area contributed by atoms with Crippen molar-refractivity contribution in [1.29, 1.82) is 0 Å². The molecule has 2 heteroatoms. The molecule has 0 aliphatic heterocycles. The van der Waals surface area contributed by atoms with Crippen LogP contribution in [0.2, 0.25) is 0 Å². The quantitative estimate of drug-likeness (QED) is 0.828. The Labute approximate surface area is 101 Å². The topological polar surface area (TPSA) is 40.5 Å². The zero-order valence-electron chi connectivity index (χ0n) is 10.1. The number of phenolic OH excluding ortho intramolecular Hbond substituents is 2. The van der Waals surface area contributed by atoms with Crippen molar-refractivity contribution in [2.24, 2.45) is 0 Å². The van der Waals surface area contributed by atoms with Crippen LogP contribution in [0.25, 0.3) is 0 Å². The zero-order valence-corrected chi connectivity index (χ0v) is 10.1. The van der Waals surface area contributed by atoms with Crippen LogP contribution in [-0.2, 0) is 6.42 Å². The van der Waals surface area contributed by atoms with Crippen molar-refractivity contribution in [1.82, 2.24) is 0 Å². The first-order chi connectivity index (χ1) is 8.08. The van der Waals surface area contributed by atoms with Gasteiger partial charge >= 0.3 is 0 Å². The molecule has 0 spiro atoms. The Bertz CT molecular complexity index is 524. The summed E-state index contributed by atoms with van der Waals surface area (Å²) in [5, 5.41) is 19.6. The average Bonchev–Trinajstić information content (AvgIpc) is 2.28. The summed E-state index contributed by atoms with van der Waals surface area (Å²) in [6.07, 6.45) is 0.548. The molecule has 0 amide bonds. The fraction of sp³-hybridized carbons (Fsp3) is 0.200. The van der Waals surface area contributed by atoms with E-state index >= 15 is 0 Å². The lowest BCUT2D eigenvalue weighted by atomic mass is 9.98.